The van der Waals surface area contributed by atoms with Crippen LogP contribution in [-0.2, 0) is 27.9 Å². The molecule has 0 aliphatic carbocycles. The summed E-state index contributed by atoms with van der Waals surface area (Å²) in [5.74, 6) is -0.382. The van der Waals surface area contributed by atoms with Crippen molar-refractivity contribution in [1.82, 2.24) is 0 Å². The average Bonchev–Trinajstić information content (AvgIpc) is 3.03. The molecule has 0 bridgehead atoms. The minimum absolute atomic E-state index is 0.0570. The predicted octanol–water partition coefficient (Wildman–Crippen LogP) is 9.19. The molecule has 3 unspecified atom stereocenters. The van der Waals surface area contributed by atoms with Crippen LogP contribution in [0, 0.1) is 0 Å². The summed E-state index contributed by atoms with van der Waals surface area (Å²) >= 11 is 0. The monoisotopic (exact) mass is 666 g/mol. The van der Waals surface area contributed by atoms with Gasteiger partial charge >= 0.3 is 13.8 Å². The molecule has 270 valence electrons. The molecule has 0 saturated heterocycles. The van der Waals surface area contributed by atoms with Crippen LogP contribution in [0.1, 0.15) is 174 Å². The molecule has 0 radical (unpaired) electrons. The molecule has 0 aliphatic rings. The van der Waals surface area contributed by atoms with E-state index in [1.165, 1.54) is 122 Å². The number of aliphatic hydroxyl groups excluding tert-OH is 2. The number of esters is 1. The quantitative estimate of drug-likeness (QED) is 0.0340. The second-order valence-corrected chi connectivity index (χ2v) is 14.1. The summed E-state index contributed by atoms with van der Waals surface area (Å²) in [7, 11) is -4.50. The molecule has 0 aromatic rings. The lowest BCUT2D eigenvalue weighted by molar-refractivity contribution is -0.154. The molecule has 0 heterocycles. The summed E-state index contributed by atoms with van der Waals surface area (Å²) in [6.45, 7) is 3.52. The molecule has 0 rings (SSSR count). The third-order valence-electron chi connectivity index (χ3n) is 8.04. The number of hydrogen-bond donors (Lipinski definition) is 3. The Morgan fingerprint density at radius 2 is 1.00 bits per heavy atom. The molecule has 0 aromatic carbocycles. The van der Waals surface area contributed by atoms with Crippen molar-refractivity contribution in [2.75, 3.05) is 33.0 Å². The molecule has 9 nitrogen and oxygen atoms in total. The highest BCUT2D eigenvalue weighted by atomic mass is 31.2. The summed E-state index contributed by atoms with van der Waals surface area (Å²) in [6.07, 6.45) is 27.7. The highest BCUT2D eigenvalue weighted by molar-refractivity contribution is 7.47. The molecule has 3 N–H and O–H groups in total. The van der Waals surface area contributed by atoms with Gasteiger partial charge in [-0.1, -0.05) is 155 Å². The van der Waals surface area contributed by atoms with Crippen LogP contribution >= 0.6 is 7.82 Å². The Bertz CT molecular complexity index is 680. The third kappa shape index (κ3) is 33.2. The Morgan fingerprint density at radius 1 is 0.600 bits per heavy atom. The van der Waals surface area contributed by atoms with Crippen molar-refractivity contribution in [3.05, 3.63) is 0 Å². The molecule has 0 saturated carbocycles. The van der Waals surface area contributed by atoms with E-state index in [1.807, 2.05) is 0 Å². The number of rotatable bonds is 36. The van der Waals surface area contributed by atoms with E-state index in [-0.39, 0.29) is 25.6 Å². The lowest BCUT2D eigenvalue weighted by Gasteiger charge is -2.20. The lowest BCUT2D eigenvalue weighted by atomic mass is 10.0. The lowest BCUT2D eigenvalue weighted by Crippen LogP contribution is -2.29. The SMILES string of the molecule is CCCCCCCCCCCCCCCCOCC(COP(=O)(O)OCC(O)CO)OC(=O)CCCCCCCCCCCC. The van der Waals surface area contributed by atoms with Crippen molar-refractivity contribution in [3.63, 3.8) is 0 Å². The van der Waals surface area contributed by atoms with Gasteiger partial charge in [-0.3, -0.25) is 13.8 Å². The molecule has 45 heavy (non-hydrogen) atoms. The van der Waals surface area contributed by atoms with Gasteiger partial charge in [0.05, 0.1) is 26.4 Å². The first-order valence-corrected chi connectivity index (χ1v) is 20.0. The van der Waals surface area contributed by atoms with Gasteiger partial charge in [0, 0.05) is 13.0 Å². The Morgan fingerprint density at radius 3 is 1.44 bits per heavy atom. The van der Waals surface area contributed by atoms with Crippen LogP contribution < -0.4 is 0 Å². The zero-order chi connectivity index (χ0) is 33.3. The first kappa shape index (κ1) is 44.5. The van der Waals surface area contributed by atoms with Gasteiger partial charge in [-0.25, -0.2) is 4.57 Å². The van der Waals surface area contributed by atoms with Crippen LogP contribution in [0.3, 0.4) is 0 Å². The average molecular weight is 667 g/mol. The van der Waals surface area contributed by atoms with E-state index < -0.39 is 33.2 Å². The van der Waals surface area contributed by atoms with E-state index in [4.69, 9.17) is 23.6 Å². The van der Waals surface area contributed by atoms with E-state index in [1.54, 1.807) is 0 Å². The fourth-order valence-electron chi connectivity index (χ4n) is 5.18. The van der Waals surface area contributed by atoms with Gasteiger partial charge in [0.2, 0.25) is 0 Å². The van der Waals surface area contributed by atoms with Crippen molar-refractivity contribution < 1.29 is 43.0 Å². The van der Waals surface area contributed by atoms with E-state index in [9.17, 15) is 19.4 Å². The molecule has 3 atom stereocenters. The molecule has 0 amide bonds. The fraction of sp³-hybridized carbons (Fsp3) is 0.971. The van der Waals surface area contributed by atoms with Crippen LogP contribution in [-0.4, -0.2) is 66.3 Å². The largest absolute Gasteiger partial charge is 0.472 e. The minimum Gasteiger partial charge on any atom is -0.457 e. The van der Waals surface area contributed by atoms with Gasteiger partial charge < -0.3 is 24.6 Å². The first-order chi connectivity index (χ1) is 21.8. The molecule has 10 heteroatoms. The van der Waals surface area contributed by atoms with E-state index in [2.05, 4.69) is 13.8 Å². The maximum Gasteiger partial charge on any atom is 0.472 e. The summed E-state index contributed by atoms with van der Waals surface area (Å²) in [4.78, 5) is 22.4. The zero-order valence-electron chi connectivity index (χ0n) is 29.1. The van der Waals surface area contributed by atoms with Crippen molar-refractivity contribution in [2.24, 2.45) is 0 Å². The van der Waals surface area contributed by atoms with E-state index >= 15 is 0 Å². The summed E-state index contributed by atoms with van der Waals surface area (Å²) in [6, 6.07) is 0. The summed E-state index contributed by atoms with van der Waals surface area (Å²) in [5.41, 5.74) is 0. The van der Waals surface area contributed by atoms with Crippen LogP contribution in [0.5, 0.6) is 0 Å². The molecular formula is C35H71O9P. The second kappa shape index (κ2) is 33.4. The van der Waals surface area contributed by atoms with Crippen LogP contribution in [0.4, 0.5) is 0 Å². The zero-order valence-corrected chi connectivity index (χ0v) is 30.0. The Kier molecular flexibility index (Phi) is 33.0. The maximum atomic E-state index is 12.5. The van der Waals surface area contributed by atoms with Gasteiger partial charge in [-0.15, -0.1) is 0 Å². The number of ether oxygens (including phenoxy) is 2. The molecule has 0 aromatic heterocycles. The normalized spacial score (nSPS) is 14.3. The van der Waals surface area contributed by atoms with Crippen molar-refractivity contribution in [1.29, 1.82) is 0 Å². The number of hydrogen-bond acceptors (Lipinski definition) is 8. The first-order valence-electron chi connectivity index (χ1n) is 18.5. The van der Waals surface area contributed by atoms with Crippen molar-refractivity contribution in [3.8, 4) is 0 Å². The predicted molar refractivity (Wildman–Crippen MR) is 182 cm³/mol. The summed E-state index contributed by atoms with van der Waals surface area (Å²) < 4.78 is 33.2. The highest BCUT2D eigenvalue weighted by Crippen LogP contribution is 2.43. The van der Waals surface area contributed by atoms with Crippen molar-refractivity contribution >= 4 is 13.8 Å². The van der Waals surface area contributed by atoms with Gasteiger partial charge in [0.25, 0.3) is 0 Å². The molecule has 0 fully saturated rings. The van der Waals surface area contributed by atoms with Crippen LogP contribution in [0.15, 0.2) is 0 Å². The number of aliphatic hydroxyl groups is 2. The van der Waals surface area contributed by atoms with Gasteiger partial charge in [0.15, 0.2) is 0 Å². The third-order valence-corrected chi connectivity index (χ3v) is 8.99. The number of phosphoric ester groups is 1. The van der Waals surface area contributed by atoms with E-state index in [0.29, 0.717) is 6.61 Å². The number of carbonyl (C=O) groups excluding carboxylic acids is 1. The molecular weight excluding hydrogens is 595 g/mol. The Hall–Kier alpha value is -0.540. The van der Waals surface area contributed by atoms with E-state index in [0.717, 1.165) is 32.1 Å². The Labute approximate surface area is 276 Å². The molecule has 0 aliphatic heterocycles. The van der Waals surface area contributed by atoms with Crippen LogP contribution in [0.25, 0.3) is 0 Å². The van der Waals surface area contributed by atoms with Gasteiger partial charge in [-0.2, -0.15) is 0 Å². The standard InChI is InChI=1S/C35H71O9P/c1-3-5-7-9-11-13-15-16-17-18-20-22-24-26-28-41-31-34(32-43-45(39,40)42-30-33(37)29-36)44-35(38)27-25-23-21-19-14-12-10-8-6-4-2/h33-34,36-37H,3-32H2,1-2H3,(H,39,40). The van der Waals surface area contributed by atoms with Crippen LogP contribution in [0.2, 0.25) is 0 Å². The highest BCUT2D eigenvalue weighted by Gasteiger charge is 2.26. The van der Waals surface area contributed by atoms with Gasteiger partial charge in [0.1, 0.15) is 12.2 Å². The topological polar surface area (TPSA) is 132 Å². The number of unbranched alkanes of at least 4 members (excludes halogenated alkanes) is 22. The Balaban J connectivity index is 4.19. The maximum absolute atomic E-state index is 12.5. The van der Waals surface area contributed by atoms with Gasteiger partial charge in [-0.05, 0) is 12.8 Å². The second-order valence-electron chi connectivity index (χ2n) is 12.6. The smallest absolute Gasteiger partial charge is 0.457 e. The number of carbonyl (C=O) groups is 1. The number of phosphoric acid groups is 1. The van der Waals surface area contributed by atoms with Crippen molar-refractivity contribution in [2.45, 2.75) is 187 Å². The summed E-state index contributed by atoms with van der Waals surface area (Å²) in [5, 5.41) is 18.2. The minimum atomic E-state index is -4.50. The fourth-order valence-corrected chi connectivity index (χ4v) is 5.97. The molecule has 0 spiro atoms.